The molecule has 1 heterocycles. The third-order valence-corrected chi connectivity index (χ3v) is 2.85. The summed E-state index contributed by atoms with van der Waals surface area (Å²) in [4.78, 5) is 9.32. The molecule has 0 aliphatic heterocycles. The summed E-state index contributed by atoms with van der Waals surface area (Å²) in [5.41, 5.74) is 3.24. The maximum Gasteiger partial charge on any atom is 0.110 e. The molecule has 0 radical (unpaired) electrons. The van der Waals surface area contributed by atoms with Gasteiger partial charge < -0.3 is 9.88 Å². The molecule has 0 fully saturated rings. The highest BCUT2D eigenvalue weighted by molar-refractivity contribution is 9.10. The first-order valence-electron chi connectivity index (χ1n) is 4.65. The largest absolute Gasteiger partial charge is 0.378 e. The number of aromatic amines is 1. The van der Waals surface area contributed by atoms with E-state index in [1.54, 1.807) is 6.33 Å². The van der Waals surface area contributed by atoms with Crippen LogP contribution >= 0.6 is 15.9 Å². The van der Waals surface area contributed by atoms with E-state index in [4.69, 9.17) is 0 Å². The van der Waals surface area contributed by atoms with Crippen LogP contribution in [-0.4, -0.2) is 24.1 Å². The molecule has 1 aromatic carbocycles. The van der Waals surface area contributed by atoms with Crippen LogP contribution in [0.15, 0.2) is 35.2 Å². The van der Waals surface area contributed by atoms with Gasteiger partial charge in [0, 0.05) is 25.3 Å². The quantitative estimate of drug-likeness (QED) is 0.906. The van der Waals surface area contributed by atoms with Crippen molar-refractivity contribution in [3.63, 3.8) is 0 Å². The first-order chi connectivity index (χ1) is 7.18. The molecule has 3 nitrogen and oxygen atoms in total. The number of hydrogen-bond donors (Lipinski definition) is 1. The van der Waals surface area contributed by atoms with E-state index in [9.17, 15) is 0 Å². The highest BCUT2D eigenvalue weighted by atomic mass is 79.9. The van der Waals surface area contributed by atoms with Gasteiger partial charge in [-0.25, -0.2) is 4.98 Å². The normalized spacial score (nSPS) is 10.3. The molecule has 2 rings (SSSR count). The molecule has 0 amide bonds. The van der Waals surface area contributed by atoms with Crippen molar-refractivity contribution >= 4 is 21.6 Å². The van der Waals surface area contributed by atoms with Crippen LogP contribution in [0.25, 0.3) is 11.3 Å². The van der Waals surface area contributed by atoms with Gasteiger partial charge in [-0.1, -0.05) is 12.1 Å². The molecule has 1 N–H and O–H groups in total. The first kappa shape index (κ1) is 10.2. The van der Waals surface area contributed by atoms with Crippen molar-refractivity contribution in [2.45, 2.75) is 0 Å². The second kappa shape index (κ2) is 4.06. The lowest BCUT2D eigenvalue weighted by molar-refractivity contribution is 1.13. The fourth-order valence-electron chi connectivity index (χ4n) is 1.40. The molecule has 1 aromatic heterocycles. The van der Waals surface area contributed by atoms with Crippen molar-refractivity contribution in [2.75, 3.05) is 19.0 Å². The second-order valence-electron chi connectivity index (χ2n) is 3.51. The number of benzene rings is 1. The van der Waals surface area contributed by atoms with Crippen LogP contribution in [-0.2, 0) is 0 Å². The zero-order chi connectivity index (χ0) is 10.8. The molecule has 0 saturated carbocycles. The van der Waals surface area contributed by atoms with E-state index in [-0.39, 0.29) is 0 Å². The average molecular weight is 266 g/mol. The van der Waals surface area contributed by atoms with Crippen LogP contribution in [0.1, 0.15) is 0 Å². The lowest BCUT2D eigenvalue weighted by atomic mass is 10.1. The van der Waals surface area contributed by atoms with E-state index in [1.807, 2.05) is 14.1 Å². The Labute approximate surface area is 97.3 Å². The Morgan fingerprint density at radius 3 is 2.33 bits per heavy atom. The van der Waals surface area contributed by atoms with E-state index < -0.39 is 0 Å². The summed E-state index contributed by atoms with van der Waals surface area (Å²) in [6, 6.07) is 8.29. The van der Waals surface area contributed by atoms with Gasteiger partial charge in [0.15, 0.2) is 0 Å². The van der Waals surface area contributed by atoms with Crippen LogP contribution in [0, 0.1) is 0 Å². The van der Waals surface area contributed by atoms with Crippen LogP contribution in [0.3, 0.4) is 0 Å². The monoisotopic (exact) mass is 265 g/mol. The van der Waals surface area contributed by atoms with E-state index in [0.29, 0.717) is 0 Å². The topological polar surface area (TPSA) is 31.9 Å². The lowest BCUT2D eigenvalue weighted by Gasteiger charge is -2.12. The lowest BCUT2D eigenvalue weighted by Crippen LogP contribution is -2.07. The van der Waals surface area contributed by atoms with Gasteiger partial charge in [-0.2, -0.15) is 0 Å². The fraction of sp³-hybridized carbons (Fsp3) is 0.182. The zero-order valence-electron chi connectivity index (χ0n) is 8.66. The zero-order valence-corrected chi connectivity index (χ0v) is 10.2. The van der Waals surface area contributed by atoms with Gasteiger partial charge in [0.05, 0.1) is 6.33 Å². The van der Waals surface area contributed by atoms with Crippen molar-refractivity contribution in [2.24, 2.45) is 0 Å². The number of aromatic nitrogens is 2. The van der Waals surface area contributed by atoms with Gasteiger partial charge in [-0.05, 0) is 28.1 Å². The second-order valence-corrected chi connectivity index (χ2v) is 4.30. The molecule has 78 valence electrons. The maximum absolute atomic E-state index is 4.24. The number of rotatable bonds is 2. The van der Waals surface area contributed by atoms with Gasteiger partial charge in [-0.15, -0.1) is 0 Å². The predicted molar refractivity (Wildman–Crippen MR) is 66.1 cm³/mol. The number of nitrogens with zero attached hydrogens (tertiary/aromatic N) is 2. The van der Waals surface area contributed by atoms with E-state index in [1.165, 1.54) is 5.69 Å². The highest BCUT2D eigenvalue weighted by Crippen LogP contribution is 2.25. The van der Waals surface area contributed by atoms with E-state index in [0.717, 1.165) is 15.9 Å². The van der Waals surface area contributed by atoms with Gasteiger partial charge in [-0.3, -0.25) is 0 Å². The predicted octanol–water partition coefficient (Wildman–Crippen LogP) is 2.91. The van der Waals surface area contributed by atoms with Crippen molar-refractivity contribution in [1.29, 1.82) is 0 Å². The smallest absolute Gasteiger partial charge is 0.110 e. The molecular formula is C11H12BrN3. The van der Waals surface area contributed by atoms with E-state index >= 15 is 0 Å². The summed E-state index contributed by atoms with van der Waals surface area (Å²) in [5.74, 6) is 0. The average Bonchev–Trinajstić information content (AvgIpc) is 2.65. The molecule has 0 atom stereocenters. The fourth-order valence-corrected chi connectivity index (χ4v) is 1.83. The third-order valence-electron chi connectivity index (χ3n) is 2.25. The number of anilines is 1. The van der Waals surface area contributed by atoms with Crippen molar-refractivity contribution in [3.05, 3.63) is 35.2 Å². The minimum atomic E-state index is 0.917. The van der Waals surface area contributed by atoms with Crippen LogP contribution in [0.4, 0.5) is 5.69 Å². The molecule has 0 saturated heterocycles. The standard InChI is InChI=1S/C11H12BrN3/c1-15(2)9-5-3-8(4-6-9)10-11(12)14-7-13-10/h3-7H,1-2H3,(H,13,14). The van der Waals surface area contributed by atoms with Crippen LogP contribution < -0.4 is 4.90 Å². The molecular weight excluding hydrogens is 254 g/mol. The summed E-state index contributed by atoms with van der Waals surface area (Å²) in [6.45, 7) is 0. The summed E-state index contributed by atoms with van der Waals surface area (Å²) in [7, 11) is 4.05. The van der Waals surface area contributed by atoms with Crippen LogP contribution in [0.5, 0.6) is 0 Å². The minimum Gasteiger partial charge on any atom is -0.378 e. The third kappa shape index (κ3) is 2.04. The molecule has 0 bridgehead atoms. The summed E-state index contributed by atoms with van der Waals surface area (Å²) in [5, 5.41) is 0. The summed E-state index contributed by atoms with van der Waals surface area (Å²) in [6.07, 6.45) is 1.68. The molecule has 0 spiro atoms. The SMILES string of the molecule is CN(C)c1ccc(-c2nc[nH]c2Br)cc1. The Bertz CT molecular complexity index is 445. The van der Waals surface area contributed by atoms with Gasteiger partial charge >= 0.3 is 0 Å². The number of hydrogen-bond acceptors (Lipinski definition) is 2. The number of halogens is 1. The maximum atomic E-state index is 4.24. The Morgan fingerprint density at radius 2 is 1.87 bits per heavy atom. The Balaban J connectivity index is 2.36. The van der Waals surface area contributed by atoms with Gasteiger partial charge in [0.2, 0.25) is 0 Å². The molecule has 0 aliphatic carbocycles. The molecule has 0 unspecified atom stereocenters. The van der Waals surface area contributed by atoms with Gasteiger partial charge in [0.1, 0.15) is 10.3 Å². The summed E-state index contributed by atoms with van der Waals surface area (Å²) < 4.78 is 0.917. The Hall–Kier alpha value is -1.29. The number of nitrogens with one attached hydrogen (secondary N) is 1. The first-order valence-corrected chi connectivity index (χ1v) is 5.44. The van der Waals surface area contributed by atoms with Crippen LogP contribution in [0.2, 0.25) is 0 Å². The van der Waals surface area contributed by atoms with Crippen molar-refractivity contribution in [3.8, 4) is 11.3 Å². The molecule has 2 aromatic rings. The van der Waals surface area contributed by atoms with E-state index in [2.05, 4.69) is 55.1 Å². The number of imidazole rings is 1. The molecule has 4 heteroatoms. The Kier molecular flexibility index (Phi) is 2.77. The van der Waals surface area contributed by atoms with Crippen molar-refractivity contribution < 1.29 is 0 Å². The molecule has 0 aliphatic rings. The Morgan fingerprint density at radius 1 is 1.20 bits per heavy atom. The summed E-state index contributed by atoms with van der Waals surface area (Å²) >= 11 is 3.42. The highest BCUT2D eigenvalue weighted by Gasteiger charge is 2.05. The van der Waals surface area contributed by atoms with Crippen molar-refractivity contribution in [1.82, 2.24) is 9.97 Å². The minimum absolute atomic E-state index is 0.917. The molecule has 15 heavy (non-hydrogen) atoms. The number of H-pyrrole nitrogens is 1. The van der Waals surface area contributed by atoms with Gasteiger partial charge in [0.25, 0.3) is 0 Å².